The van der Waals surface area contributed by atoms with Crippen LogP contribution in [-0.4, -0.2) is 5.78 Å². The summed E-state index contributed by atoms with van der Waals surface area (Å²) in [6.07, 6.45) is 2.31. The Labute approximate surface area is 90.7 Å². The number of nitrogens with zero attached hydrogens (tertiary/aromatic N) is 1. The number of Topliss-reactive ketones (excluding diaryl/α,β-unsaturated/α-hetero) is 1. The second kappa shape index (κ2) is 3.55. The number of hydrogen-bond acceptors (Lipinski definition) is 2. The lowest BCUT2D eigenvalue weighted by Gasteiger charge is -2.16. The van der Waals surface area contributed by atoms with E-state index in [9.17, 15) is 4.79 Å². The van der Waals surface area contributed by atoms with Crippen LogP contribution >= 0.6 is 15.9 Å². The van der Waals surface area contributed by atoms with Gasteiger partial charge in [-0.2, -0.15) is 5.26 Å². The first-order valence-electron chi connectivity index (χ1n) is 4.48. The van der Waals surface area contributed by atoms with Crippen LogP contribution in [0.1, 0.15) is 34.3 Å². The highest BCUT2D eigenvalue weighted by Gasteiger charge is 2.20. The van der Waals surface area contributed by atoms with Gasteiger partial charge in [0.15, 0.2) is 5.78 Å². The predicted molar refractivity (Wildman–Crippen MR) is 56.1 cm³/mol. The normalized spacial score (nSPS) is 14.7. The van der Waals surface area contributed by atoms with Crippen molar-refractivity contribution in [2.75, 3.05) is 0 Å². The standard InChI is InChI=1S/C11H8BrNO/c12-10-5-4-8-7(9(10)6-13)2-1-3-11(8)14/h4-5H,1-3H2. The molecule has 0 saturated carbocycles. The van der Waals surface area contributed by atoms with Crippen LogP contribution in [0.25, 0.3) is 0 Å². The molecule has 2 rings (SSSR count). The molecule has 0 aromatic heterocycles. The van der Waals surface area contributed by atoms with E-state index in [1.165, 1.54) is 0 Å². The van der Waals surface area contributed by atoms with E-state index >= 15 is 0 Å². The number of ketones is 1. The third-order valence-electron chi connectivity index (χ3n) is 2.50. The minimum absolute atomic E-state index is 0.162. The Hall–Kier alpha value is -1.14. The molecule has 1 aromatic rings. The minimum atomic E-state index is 0.162. The monoisotopic (exact) mass is 249 g/mol. The number of rotatable bonds is 0. The maximum absolute atomic E-state index is 11.5. The average Bonchev–Trinajstić information content (AvgIpc) is 2.18. The lowest BCUT2D eigenvalue weighted by Crippen LogP contribution is -2.12. The molecular weight excluding hydrogens is 242 g/mol. The molecule has 0 heterocycles. The fourth-order valence-electron chi connectivity index (χ4n) is 1.82. The number of carbonyl (C=O) groups is 1. The third kappa shape index (κ3) is 1.36. The van der Waals surface area contributed by atoms with Crippen molar-refractivity contribution in [2.24, 2.45) is 0 Å². The van der Waals surface area contributed by atoms with E-state index < -0.39 is 0 Å². The van der Waals surface area contributed by atoms with Crippen molar-refractivity contribution < 1.29 is 4.79 Å². The molecule has 0 spiro atoms. The Morgan fingerprint density at radius 2 is 2.14 bits per heavy atom. The van der Waals surface area contributed by atoms with Crippen LogP contribution in [0.2, 0.25) is 0 Å². The number of benzene rings is 1. The van der Waals surface area contributed by atoms with Gasteiger partial charge < -0.3 is 0 Å². The molecule has 1 aliphatic rings. The molecule has 1 aromatic carbocycles. The highest BCUT2D eigenvalue weighted by atomic mass is 79.9. The molecule has 0 atom stereocenters. The van der Waals surface area contributed by atoms with Crippen molar-refractivity contribution in [1.82, 2.24) is 0 Å². The average molecular weight is 250 g/mol. The Morgan fingerprint density at radius 1 is 1.36 bits per heavy atom. The van der Waals surface area contributed by atoms with Gasteiger partial charge in [-0.05, 0) is 46.5 Å². The molecule has 70 valence electrons. The third-order valence-corrected chi connectivity index (χ3v) is 3.17. The van der Waals surface area contributed by atoms with Crippen LogP contribution < -0.4 is 0 Å². The Bertz CT molecular complexity index is 445. The van der Waals surface area contributed by atoms with Crippen LogP contribution in [0.3, 0.4) is 0 Å². The van der Waals surface area contributed by atoms with Gasteiger partial charge >= 0.3 is 0 Å². The summed E-state index contributed by atoms with van der Waals surface area (Å²) in [6.45, 7) is 0. The van der Waals surface area contributed by atoms with E-state index in [-0.39, 0.29) is 5.78 Å². The zero-order valence-corrected chi connectivity index (χ0v) is 9.10. The molecule has 1 aliphatic carbocycles. The van der Waals surface area contributed by atoms with E-state index in [1.54, 1.807) is 6.07 Å². The molecule has 0 fully saturated rings. The van der Waals surface area contributed by atoms with E-state index in [0.29, 0.717) is 12.0 Å². The summed E-state index contributed by atoms with van der Waals surface area (Å²) in [5.74, 6) is 0.162. The smallest absolute Gasteiger partial charge is 0.163 e. The fraction of sp³-hybridized carbons (Fsp3) is 0.273. The van der Waals surface area contributed by atoms with Gasteiger partial charge in [0, 0.05) is 16.5 Å². The van der Waals surface area contributed by atoms with Gasteiger partial charge in [0.1, 0.15) is 6.07 Å². The quantitative estimate of drug-likeness (QED) is 0.710. The topological polar surface area (TPSA) is 40.9 Å². The lowest BCUT2D eigenvalue weighted by atomic mass is 9.88. The van der Waals surface area contributed by atoms with Gasteiger partial charge in [-0.1, -0.05) is 0 Å². The van der Waals surface area contributed by atoms with Gasteiger partial charge in [-0.15, -0.1) is 0 Å². The van der Waals surface area contributed by atoms with Crippen LogP contribution in [0, 0.1) is 11.3 Å². The molecule has 0 bridgehead atoms. The summed E-state index contributed by atoms with van der Waals surface area (Å²) in [4.78, 5) is 11.5. The number of hydrogen-bond donors (Lipinski definition) is 0. The molecule has 0 saturated heterocycles. The number of carbonyl (C=O) groups excluding carboxylic acids is 1. The fourth-order valence-corrected chi connectivity index (χ4v) is 2.28. The van der Waals surface area contributed by atoms with Gasteiger partial charge in [0.05, 0.1) is 5.56 Å². The Morgan fingerprint density at radius 3 is 2.86 bits per heavy atom. The molecule has 0 amide bonds. The molecule has 3 heteroatoms. The van der Waals surface area contributed by atoms with Gasteiger partial charge in [-0.3, -0.25) is 4.79 Å². The predicted octanol–water partition coefficient (Wildman–Crippen LogP) is 2.84. The van der Waals surface area contributed by atoms with E-state index in [4.69, 9.17) is 5.26 Å². The molecule has 0 radical (unpaired) electrons. The molecule has 2 nitrogen and oxygen atoms in total. The summed E-state index contributed by atoms with van der Waals surface area (Å²) >= 11 is 3.32. The minimum Gasteiger partial charge on any atom is -0.294 e. The highest BCUT2D eigenvalue weighted by molar-refractivity contribution is 9.10. The van der Waals surface area contributed by atoms with Crippen LogP contribution in [0.5, 0.6) is 0 Å². The summed E-state index contributed by atoms with van der Waals surface area (Å²) in [7, 11) is 0. The first kappa shape index (κ1) is 9.42. The first-order chi connectivity index (χ1) is 6.74. The van der Waals surface area contributed by atoms with E-state index in [2.05, 4.69) is 22.0 Å². The van der Waals surface area contributed by atoms with Gasteiger partial charge in [0.25, 0.3) is 0 Å². The van der Waals surface area contributed by atoms with Crippen molar-refractivity contribution >= 4 is 21.7 Å². The van der Waals surface area contributed by atoms with Crippen molar-refractivity contribution in [2.45, 2.75) is 19.3 Å². The van der Waals surface area contributed by atoms with Crippen LogP contribution in [0.4, 0.5) is 0 Å². The second-order valence-electron chi connectivity index (χ2n) is 3.34. The number of halogens is 1. The van der Waals surface area contributed by atoms with Crippen molar-refractivity contribution in [3.05, 3.63) is 33.3 Å². The second-order valence-corrected chi connectivity index (χ2v) is 4.19. The molecule has 0 aliphatic heterocycles. The summed E-state index contributed by atoms with van der Waals surface area (Å²) in [6, 6.07) is 5.73. The number of fused-ring (bicyclic) bond motifs is 1. The summed E-state index contributed by atoms with van der Waals surface area (Å²) < 4.78 is 0.786. The van der Waals surface area contributed by atoms with Crippen molar-refractivity contribution in [3.63, 3.8) is 0 Å². The highest BCUT2D eigenvalue weighted by Crippen LogP contribution is 2.29. The van der Waals surface area contributed by atoms with Gasteiger partial charge in [-0.25, -0.2) is 0 Å². The molecular formula is C11H8BrNO. The molecule has 0 N–H and O–H groups in total. The SMILES string of the molecule is N#Cc1c(Br)ccc2c1CCCC2=O. The maximum atomic E-state index is 11.5. The van der Waals surface area contributed by atoms with E-state index in [0.717, 1.165) is 28.4 Å². The molecule has 0 unspecified atom stereocenters. The number of nitriles is 1. The zero-order valence-electron chi connectivity index (χ0n) is 7.51. The first-order valence-corrected chi connectivity index (χ1v) is 5.28. The van der Waals surface area contributed by atoms with Crippen molar-refractivity contribution in [3.8, 4) is 6.07 Å². The Balaban J connectivity index is 2.69. The largest absolute Gasteiger partial charge is 0.294 e. The maximum Gasteiger partial charge on any atom is 0.163 e. The van der Waals surface area contributed by atoms with Crippen LogP contribution in [-0.2, 0) is 6.42 Å². The summed E-state index contributed by atoms with van der Waals surface area (Å²) in [5.41, 5.74) is 2.27. The lowest BCUT2D eigenvalue weighted by molar-refractivity contribution is 0.0972. The van der Waals surface area contributed by atoms with Gasteiger partial charge in [0.2, 0.25) is 0 Å². The Kier molecular flexibility index (Phi) is 2.39. The van der Waals surface area contributed by atoms with Crippen LogP contribution in [0.15, 0.2) is 16.6 Å². The van der Waals surface area contributed by atoms with Crippen molar-refractivity contribution in [1.29, 1.82) is 5.26 Å². The zero-order chi connectivity index (χ0) is 10.1. The summed E-state index contributed by atoms with van der Waals surface area (Å²) in [5, 5.41) is 8.97. The van der Waals surface area contributed by atoms with E-state index in [1.807, 2.05) is 6.07 Å². The molecule has 14 heavy (non-hydrogen) atoms.